The van der Waals surface area contributed by atoms with Gasteiger partial charge < -0.3 is 14.2 Å². The number of morpholine rings is 1. The molecule has 0 unspecified atom stereocenters. The van der Waals surface area contributed by atoms with Gasteiger partial charge in [-0.05, 0) is 19.3 Å². The van der Waals surface area contributed by atoms with Gasteiger partial charge in [0.1, 0.15) is 0 Å². The lowest BCUT2D eigenvalue weighted by Gasteiger charge is -2.37. The number of hydrogen-bond acceptors (Lipinski definition) is 6. The Morgan fingerprint density at radius 2 is 1.81 bits per heavy atom. The third kappa shape index (κ3) is 4.26. The van der Waals surface area contributed by atoms with Crippen LogP contribution in [0, 0.1) is 0 Å². The summed E-state index contributed by atoms with van der Waals surface area (Å²) in [6, 6.07) is 0.406. The molecule has 144 valence electrons. The van der Waals surface area contributed by atoms with Crippen LogP contribution < -0.4 is 0 Å². The largest absolute Gasteiger partial charge is 0.379 e. The zero-order valence-electron chi connectivity index (χ0n) is 15.6. The summed E-state index contributed by atoms with van der Waals surface area (Å²) >= 11 is 0. The second-order valence-electron chi connectivity index (χ2n) is 7.86. The highest BCUT2D eigenvalue weighted by atomic mass is 16.5. The minimum Gasteiger partial charge on any atom is -0.379 e. The first-order valence-corrected chi connectivity index (χ1v) is 10.2. The highest BCUT2D eigenvalue weighted by Crippen LogP contribution is 2.31. The molecule has 4 rings (SSSR count). The Bertz CT molecular complexity index is 591. The molecule has 1 amide bonds. The first-order chi connectivity index (χ1) is 12.8. The molecule has 0 bridgehead atoms. The Balaban J connectivity index is 1.38. The molecule has 2 aliphatic heterocycles. The van der Waals surface area contributed by atoms with Crippen molar-refractivity contribution in [2.45, 2.75) is 69.9 Å². The Labute approximate surface area is 155 Å². The number of nitrogens with zero attached hydrogens (tertiary/aromatic N) is 4. The van der Waals surface area contributed by atoms with Gasteiger partial charge in [-0.2, -0.15) is 4.98 Å². The number of carbonyl (C=O) groups is 1. The smallest absolute Gasteiger partial charge is 0.231 e. The second-order valence-corrected chi connectivity index (χ2v) is 7.86. The molecule has 1 aliphatic carbocycles. The Morgan fingerprint density at radius 1 is 1.04 bits per heavy atom. The van der Waals surface area contributed by atoms with Crippen molar-refractivity contribution in [1.29, 1.82) is 0 Å². The second kappa shape index (κ2) is 8.48. The summed E-state index contributed by atoms with van der Waals surface area (Å²) in [6.07, 6.45) is 8.79. The van der Waals surface area contributed by atoms with Crippen molar-refractivity contribution in [3.8, 4) is 0 Å². The summed E-state index contributed by atoms with van der Waals surface area (Å²) in [7, 11) is 0. The summed E-state index contributed by atoms with van der Waals surface area (Å²) in [5.41, 5.74) is 0. The van der Waals surface area contributed by atoms with E-state index in [0.29, 0.717) is 30.8 Å². The van der Waals surface area contributed by atoms with Crippen molar-refractivity contribution >= 4 is 5.91 Å². The van der Waals surface area contributed by atoms with Crippen LogP contribution in [0.4, 0.5) is 0 Å². The fraction of sp³-hybridized carbons (Fsp3) is 0.842. The van der Waals surface area contributed by atoms with Crippen molar-refractivity contribution in [1.82, 2.24) is 19.9 Å². The van der Waals surface area contributed by atoms with E-state index >= 15 is 0 Å². The monoisotopic (exact) mass is 362 g/mol. The maximum absolute atomic E-state index is 12.5. The predicted octanol–water partition coefficient (Wildman–Crippen LogP) is 2.33. The molecule has 0 spiro atoms. The van der Waals surface area contributed by atoms with Crippen LogP contribution >= 0.6 is 0 Å². The van der Waals surface area contributed by atoms with E-state index in [1.165, 1.54) is 25.7 Å². The molecule has 0 aromatic carbocycles. The molecule has 7 heteroatoms. The van der Waals surface area contributed by atoms with Crippen molar-refractivity contribution in [2.24, 2.45) is 0 Å². The molecule has 0 radical (unpaired) electrons. The van der Waals surface area contributed by atoms with Crippen LogP contribution in [0.5, 0.6) is 0 Å². The van der Waals surface area contributed by atoms with E-state index in [9.17, 15) is 4.79 Å². The Hall–Kier alpha value is -1.47. The third-order valence-electron chi connectivity index (χ3n) is 6.01. The van der Waals surface area contributed by atoms with E-state index in [-0.39, 0.29) is 5.92 Å². The van der Waals surface area contributed by atoms with Gasteiger partial charge >= 0.3 is 0 Å². The Morgan fingerprint density at radius 3 is 2.58 bits per heavy atom. The maximum atomic E-state index is 12.5. The average molecular weight is 362 g/mol. The van der Waals surface area contributed by atoms with Gasteiger partial charge in [0.05, 0.1) is 25.7 Å². The van der Waals surface area contributed by atoms with Crippen molar-refractivity contribution in [2.75, 3.05) is 32.8 Å². The first kappa shape index (κ1) is 17.9. The normalized spacial score (nSPS) is 26.8. The van der Waals surface area contributed by atoms with Gasteiger partial charge in [0.15, 0.2) is 5.82 Å². The van der Waals surface area contributed by atoms with Crippen LogP contribution in [0.25, 0.3) is 0 Å². The Kier molecular flexibility index (Phi) is 5.84. The SMILES string of the molecule is O=C1CC[C@H](c2nc(CN3CCOCC3)no2)CN1C1CCCCCC1. The minimum atomic E-state index is 0.182. The lowest BCUT2D eigenvalue weighted by atomic mass is 9.94. The van der Waals surface area contributed by atoms with Crippen LogP contribution in [-0.4, -0.2) is 64.7 Å². The molecule has 3 aliphatic rings. The van der Waals surface area contributed by atoms with Gasteiger partial charge in [-0.15, -0.1) is 0 Å². The number of carbonyl (C=O) groups excluding carboxylic acids is 1. The fourth-order valence-electron chi connectivity index (χ4n) is 4.45. The van der Waals surface area contributed by atoms with Gasteiger partial charge in [0, 0.05) is 32.1 Å². The van der Waals surface area contributed by atoms with Crippen molar-refractivity contribution in [3.05, 3.63) is 11.7 Å². The number of piperidine rings is 1. The van der Waals surface area contributed by atoms with Gasteiger partial charge in [0.2, 0.25) is 11.8 Å². The molecule has 7 nitrogen and oxygen atoms in total. The van der Waals surface area contributed by atoms with E-state index in [2.05, 4.69) is 19.9 Å². The number of ether oxygens (including phenoxy) is 1. The first-order valence-electron chi connectivity index (χ1n) is 10.2. The number of hydrogen-bond donors (Lipinski definition) is 0. The van der Waals surface area contributed by atoms with E-state index < -0.39 is 0 Å². The van der Waals surface area contributed by atoms with Crippen LogP contribution in [-0.2, 0) is 16.1 Å². The van der Waals surface area contributed by atoms with Crippen molar-refractivity contribution < 1.29 is 14.1 Å². The molecule has 3 fully saturated rings. The third-order valence-corrected chi connectivity index (χ3v) is 6.01. The lowest BCUT2D eigenvalue weighted by Crippen LogP contribution is -2.45. The fourth-order valence-corrected chi connectivity index (χ4v) is 4.45. The number of amides is 1. The van der Waals surface area contributed by atoms with E-state index in [0.717, 1.165) is 57.9 Å². The van der Waals surface area contributed by atoms with Crippen LogP contribution in [0.2, 0.25) is 0 Å². The summed E-state index contributed by atoms with van der Waals surface area (Å²) in [5.74, 6) is 1.95. The minimum absolute atomic E-state index is 0.182. The van der Waals surface area contributed by atoms with Gasteiger partial charge in [-0.1, -0.05) is 30.8 Å². The summed E-state index contributed by atoms with van der Waals surface area (Å²) < 4.78 is 11.0. The summed E-state index contributed by atoms with van der Waals surface area (Å²) in [6.45, 7) is 4.82. The lowest BCUT2D eigenvalue weighted by molar-refractivity contribution is -0.136. The molecule has 2 saturated heterocycles. The van der Waals surface area contributed by atoms with E-state index in [4.69, 9.17) is 9.26 Å². The zero-order valence-corrected chi connectivity index (χ0v) is 15.6. The van der Waals surface area contributed by atoms with Gasteiger partial charge in [0.25, 0.3) is 0 Å². The molecule has 1 aromatic rings. The quantitative estimate of drug-likeness (QED) is 0.766. The van der Waals surface area contributed by atoms with E-state index in [1.54, 1.807) is 0 Å². The zero-order chi connectivity index (χ0) is 17.8. The molecule has 0 N–H and O–H groups in total. The summed E-state index contributed by atoms with van der Waals surface area (Å²) in [5, 5.41) is 4.19. The topological polar surface area (TPSA) is 71.7 Å². The molecular formula is C19H30N4O3. The molecule has 1 atom stereocenters. The van der Waals surface area contributed by atoms with Crippen molar-refractivity contribution in [3.63, 3.8) is 0 Å². The van der Waals surface area contributed by atoms with Crippen LogP contribution in [0.15, 0.2) is 4.52 Å². The highest BCUT2D eigenvalue weighted by Gasteiger charge is 2.34. The highest BCUT2D eigenvalue weighted by molar-refractivity contribution is 5.77. The van der Waals surface area contributed by atoms with E-state index in [1.807, 2.05) is 0 Å². The van der Waals surface area contributed by atoms with Crippen LogP contribution in [0.3, 0.4) is 0 Å². The molecule has 26 heavy (non-hydrogen) atoms. The van der Waals surface area contributed by atoms with Gasteiger partial charge in [-0.3, -0.25) is 9.69 Å². The molecule has 1 aromatic heterocycles. The number of aromatic nitrogens is 2. The number of likely N-dealkylation sites (tertiary alicyclic amines) is 1. The molecule has 1 saturated carbocycles. The standard InChI is InChI=1S/C19H30N4O3/c24-18-8-7-15(13-23(18)16-5-3-1-2-4-6-16)19-20-17(21-26-19)14-22-9-11-25-12-10-22/h15-16H,1-14H2/t15-/m0/s1. The molecular weight excluding hydrogens is 332 g/mol. The average Bonchev–Trinajstić information content (AvgIpc) is 2.96. The number of rotatable bonds is 4. The molecule has 3 heterocycles. The van der Waals surface area contributed by atoms with Crippen LogP contribution in [0.1, 0.15) is 69.0 Å². The van der Waals surface area contributed by atoms with Gasteiger partial charge in [-0.25, -0.2) is 0 Å². The summed E-state index contributed by atoms with van der Waals surface area (Å²) in [4.78, 5) is 21.6. The maximum Gasteiger partial charge on any atom is 0.231 e. The predicted molar refractivity (Wildman–Crippen MR) is 95.6 cm³/mol.